The number of methoxy groups -OCH3 is 1. The number of carbonyl (C=O) groups is 1. The molecule has 1 atom stereocenters. The number of anilines is 1. The summed E-state index contributed by atoms with van der Waals surface area (Å²) in [7, 11) is 1.39. The van der Waals surface area contributed by atoms with Crippen molar-refractivity contribution in [2.45, 2.75) is 32.2 Å². The summed E-state index contributed by atoms with van der Waals surface area (Å²) in [6, 6.07) is 4.50. The molecule has 1 aliphatic carbocycles. The highest BCUT2D eigenvalue weighted by molar-refractivity contribution is 5.90. The number of ether oxygens (including phenoxy) is 1. The van der Waals surface area contributed by atoms with E-state index in [1.165, 1.54) is 39.5 Å². The minimum Gasteiger partial charge on any atom is -0.465 e. The topological polar surface area (TPSA) is 54.5 Å². The van der Waals surface area contributed by atoms with Crippen molar-refractivity contribution in [3.63, 3.8) is 0 Å². The lowest BCUT2D eigenvalue weighted by molar-refractivity contribution is 0.0599. The van der Waals surface area contributed by atoms with Crippen LogP contribution in [0.15, 0.2) is 12.1 Å². The van der Waals surface area contributed by atoms with Crippen LogP contribution in [0.1, 0.15) is 35.3 Å². The van der Waals surface area contributed by atoms with Crippen molar-refractivity contribution in [1.29, 1.82) is 0 Å². The molecule has 5 heteroatoms. The van der Waals surface area contributed by atoms with Crippen LogP contribution in [0.5, 0.6) is 0 Å². The van der Waals surface area contributed by atoms with Gasteiger partial charge in [-0.1, -0.05) is 0 Å². The molecule has 21 heavy (non-hydrogen) atoms. The molecule has 1 N–H and O–H groups in total. The number of nitrogens with zero attached hydrogens (tertiary/aromatic N) is 2. The van der Waals surface area contributed by atoms with E-state index in [4.69, 9.17) is 4.74 Å². The van der Waals surface area contributed by atoms with E-state index in [1.54, 1.807) is 6.07 Å². The third-order valence-corrected chi connectivity index (χ3v) is 4.44. The van der Waals surface area contributed by atoms with Crippen LogP contribution < -0.4 is 5.32 Å². The molecule has 2 fully saturated rings. The maximum atomic E-state index is 11.5. The summed E-state index contributed by atoms with van der Waals surface area (Å²) in [5, 5.41) is 3.40. The number of rotatable bonds is 5. The molecule has 1 aromatic rings. The Morgan fingerprint density at radius 1 is 1.43 bits per heavy atom. The Morgan fingerprint density at radius 3 is 2.90 bits per heavy atom. The molecule has 1 unspecified atom stereocenters. The molecule has 0 spiro atoms. The van der Waals surface area contributed by atoms with Crippen LogP contribution >= 0.6 is 0 Å². The quantitative estimate of drug-likeness (QED) is 0.841. The third kappa shape index (κ3) is 3.35. The number of pyridine rings is 1. The first kappa shape index (κ1) is 14.3. The second-order valence-corrected chi connectivity index (χ2v) is 6.08. The van der Waals surface area contributed by atoms with Gasteiger partial charge in [0.25, 0.3) is 0 Å². The molecule has 5 nitrogen and oxygen atoms in total. The Kier molecular flexibility index (Phi) is 4.10. The number of nitrogens with one attached hydrogen (secondary N) is 1. The largest absolute Gasteiger partial charge is 0.465 e. The number of hydrogen-bond donors (Lipinski definition) is 1. The molecule has 114 valence electrons. The van der Waals surface area contributed by atoms with Gasteiger partial charge >= 0.3 is 5.97 Å². The van der Waals surface area contributed by atoms with Crippen LogP contribution in [0, 0.1) is 12.8 Å². The molecule has 1 saturated carbocycles. The molecular formula is C16H23N3O2. The first-order valence-electron chi connectivity index (χ1n) is 7.71. The molecule has 2 aliphatic rings. The van der Waals surface area contributed by atoms with Gasteiger partial charge in [0.15, 0.2) is 0 Å². The fraction of sp³-hybridized carbons (Fsp3) is 0.625. The third-order valence-electron chi connectivity index (χ3n) is 4.44. The highest BCUT2D eigenvalue weighted by Crippen LogP contribution is 2.31. The number of aryl methyl sites for hydroxylation is 1. The van der Waals surface area contributed by atoms with Gasteiger partial charge in [-0.2, -0.15) is 0 Å². The van der Waals surface area contributed by atoms with Crippen LogP contribution in [-0.4, -0.2) is 48.6 Å². The first-order valence-corrected chi connectivity index (χ1v) is 7.71. The van der Waals surface area contributed by atoms with Gasteiger partial charge in [0.2, 0.25) is 0 Å². The van der Waals surface area contributed by atoms with E-state index in [9.17, 15) is 4.79 Å². The average Bonchev–Trinajstić information content (AvgIpc) is 3.23. The fourth-order valence-electron chi connectivity index (χ4n) is 3.03. The van der Waals surface area contributed by atoms with E-state index < -0.39 is 0 Å². The van der Waals surface area contributed by atoms with Crippen molar-refractivity contribution in [3.05, 3.63) is 23.4 Å². The maximum absolute atomic E-state index is 11.5. The Morgan fingerprint density at radius 2 is 2.24 bits per heavy atom. The average molecular weight is 289 g/mol. The van der Waals surface area contributed by atoms with Crippen molar-refractivity contribution in [2.24, 2.45) is 5.92 Å². The Hall–Kier alpha value is -1.62. The summed E-state index contributed by atoms with van der Waals surface area (Å²) in [6.07, 6.45) is 4.04. The molecule has 1 aromatic heterocycles. The van der Waals surface area contributed by atoms with Crippen molar-refractivity contribution in [3.8, 4) is 0 Å². The number of aromatic nitrogens is 1. The van der Waals surface area contributed by atoms with E-state index in [2.05, 4.69) is 15.2 Å². The summed E-state index contributed by atoms with van der Waals surface area (Å²) in [4.78, 5) is 18.6. The van der Waals surface area contributed by atoms with Gasteiger partial charge in [-0.15, -0.1) is 0 Å². The van der Waals surface area contributed by atoms with E-state index in [-0.39, 0.29) is 5.97 Å². The fourth-order valence-corrected chi connectivity index (χ4v) is 3.03. The summed E-state index contributed by atoms with van der Waals surface area (Å²) in [6.45, 7) is 5.23. The van der Waals surface area contributed by atoms with Crippen LogP contribution in [0.3, 0.4) is 0 Å². The van der Waals surface area contributed by atoms with Crippen LogP contribution in [0.25, 0.3) is 0 Å². The summed E-state index contributed by atoms with van der Waals surface area (Å²) in [5.41, 5.74) is 1.24. The van der Waals surface area contributed by atoms with Gasteiger partial charge < -0.3 is 15.0 Å². The normalized spacial score (nSPS) is 22.3. The van der Waals surface area contributed by atoms with Gasteiger partial charge in [0, 0.05) is 19.1 Å². The van der Waals surface area contributed by atoms with E-state index >= 15 is 0 Å². The molecule has 3 rings (SSSR count). The van der Waals surface area contributed by atoms with Gasteiger partial charge in [0.05, 0.1) is 18.4 Å². The lowest BCUT2D eigenvalue weighted by atomic mass is 10.1. The van der Waals surface area contributed by atoms with Crippen molar-refractivity contribution >= 4 is 11.8 Å². The summed E-state index contributed by atoms with van der Waals surface area (Å²) in [5.74, 6) is 1.21. The van der Waals surface area contributed by atoms with E-state index in [0.29, 0.717) is 17.2 Å². The molecule has 0 aromatic carbocycles. The van der Waals surface area contributed by atoms with Crippen LogP contribution in [0.4, 0.5) is 5.82 Å². The highest BCUT2D eigenvalue weighted by atomic mass is 16.5. The number of hydrogen-bond acceptors (Lipinski definition) is 5. The molecule has 2 heterocycles. The highest BCUT2D eigenvalue weighted by Gasteiger charge is 2.34. The summed E-state index contributed by atoms with van der Waals surface area (Å²) >= 11 is 0. The van der Waals surface area contributed by atoms with Crippen LogP contribution in [-0.2, 0) is 4.74 Å². The lowest BCUT2D eigenvalue weighted by Crippen LogP contribution is -2.25. The minimum absolute atomic E-state index is 0.331. The Balaban J connectivity index is 1.53. The zero-order valence-corrected chi connectivity index (χ0v) is 12.8. The SMILES string of the molecule is COC(=O)c1ccc(NCC2CCN(C3CC3)C2)nc1C. The molecule has 0 bridgehead atoms. The first-order chi connectivity index (χ1) is 10.2. The van der Waals surface area contributed by atoms with E-state index in [0.717, 1.165) is 18.4 Å². The number of likely N-dealkylation sites (tertiary alicyclic amines) is 1. The Bertz CT molecular complexity index is 528. The lowest BCUT2D eigenvalue weighted by Gasteiger charge is -2.15. The zero-order chi connectivity index (χ0) is 14.8. The Labute approximate surface area is 125 Å². The van der Waals surface area contributed by atoms with Crippen molar-refractivity contribution in [2.75, 3.05) is 32.1 Å². The molecule has 1 aliphatic heterocycles. The molecule has 0 radical (unpaired) electrons. The summed E-state index contributed by atoms with van der Waals surface area (Å²) < 4.78 is 4.73. The predicted octanol–water partition coefficient (Wildman–Crippen LogP) is 2.07. The maximum Gasteiger partial charge on any atom is 0.339 e. The second-order valence-electron chi connectivity index (χ2n) is 6.08. The number of carbonyl (C=O) groups excluding carboxylic acids is 1. The van der Waals surface area contributed by atoms with E-state index in [1.807, 2.05) is 13.0 Å². The molecule has 1 saturated heterocycles. The second kappa shape index (κ2) is 6.02. The van der Waals surface area contributed by atoms with Crippen molar-refractivity contribution in [1.82, 2.24) is 9.88 Å². The van der Waals surface area contributed by atoms with Gasteiger partial charge in [0.1, 0.15) is 5.82 Å². The van der Waals surface area contributed by atoms with Gasteiger partial charge in [-0.3, -0.25) is 0 Å². The molecule has 0 amide bonds. The smallest absolute Gasteiger partial charge is 0.339 e. The number of esters is 1. The monoisotopic (exact) mass is 289 g/mol. The van der Waals surface area contributed by atoms with Crippen molar-refractivity contribution < 1.29 is 9.53 Å². The standard InChI is InChI=1S/C16H23N3O2/c1-11-14(16(20)21-2)5-6-15(18-11)17-9-12-7-8-19(10-12)13-3-4-13/h5-6,12-13H,3-4,7-10H2,1-2H3,(H,17,18). The van der Waals surface area contributed by atoms with Crippen LogP contribution in [0.2, 0.25) is 0 Å². The molecular weight excluding hydrogens is 266 g/mol. The van der Waals surface area contributed by atoms with Gasteiger partial charge in [-0.25, -0.2) is 9.78 Å². The minimum atomic E-state index is -0.331. The zero-order valence-electron chi connectivity index (χ0n) is 12.8. The van der Waals surface area contributed by atoms with Gasteiger partial charge in [-0.05, 0) is 50.8 Å². The predicted molar refractivity (Wildman–Crippen MR) is 81.5 cm³/mol.